The number of aliphatic carboxylic acids is 1. The zero-order chi connectivity index (χ0) is 8.36. The molecule has 0 atom stereocenters. The Labute approximate surface area is 59.3 Å². The van der Waals surface area contributed by atoms with Gasteiger partial charge in [-0.05, 0) is 0 Å². The third kappa shape index (κ3) is 3.41. The van der Waals surface area contributed by atoms with Crippen LogP contribution in [0.2, 0.25) is 0 Å². The number of carbonyl (C=O) groups is 1. The summed E-state index contributed by atoms with van der Waals surface area (Å²) < 4.78 is 21.4. The smallest absolute Gasteiger partial charge is 0.316 e. The van der Waals surface area contributed by atoms with Crippen LogP contribution < -0.4 is 0 Å². The number of sulfonamides is 1. The van der Waals surface area contributed by atoms with Crippen LogP contribution in [0.25, 0.3) is 0 Å². The van der Waals surface area contributed by atoms with Crippen LogP contribution in [-0.2, 0) is 14.8 Å². The Bertz CT molecular complexity index is 219. The van der Waals surface area contributed by atoms with Crippen LogP contribution in [0.5, 0.6) is 0 Å². The largest absolute Gasteiger partial charge is 0.480 e. The van der Waals surface area contributed by atoms with Gasteiger partial charge in [-0.25, -0.2) is 8.42 Å². The average Bonchev–Trinajstić information content (AvgIpc) is 1.60. The topological polar surface area (TPSA) is 74.7 Å². The van der Waals surface area contributed by atoms with E-state index in [0.29, 0.717) is 4.31 Å². The summed E-state index contributed by atoms with van der Waals surface area (Å²) in [6.07, 6.45) is 0.892. The van der Waals surface area contributed by atoms with Crippen molar-refractivity contribution in [3.05, 3.63) is 7.05 Å². The third-order valence-corrected chi connectivity index (χ3v) is 1.85. The van der Waals surface area contributed by atoms with Gasteiger partial charge in [-0.3, -0.25) is 11.8 Å². The Morgan fingerprint density at radius 1 is 1.70 bits per heavy atom. The average molecular weight is 166 g/mol. The molecule has 0 aromatic heterocycles. The molecule has 0 aliphatic heterocycles. The molecular formula is C4H8NO4S-. The van der Waals surface area contributed by atoms with Gasteiger partial charge in [0.2, 0.25) is 0 Å². The van der Waals surface area contributed by atoms with Crippen molar-refractivity contribution in [2.24, 2.45) is 0 Å². The lowest BCUT2D eigenvalue weighted by molar-refractivity contribution is -0.136. The zero-order valence-corrected chi connectivity index (χ0v) is 6.26. The van der Waals surface area contributed by atoms with E-state index < -0.39 is 22.5 Å². The minimum atomic E-state index is -3.46. The molecule has 0 aromatic carbocycles. The molecule has 10 heavy (non-hydrogen) atoms. The first-order valence-electron chi connectivity index (χ1n) is 2.34. The van der Waals surface area contributed by atoms with Crippen molar-refractivity contribution in [3.8, 4) is 0 Å². The van der Waals surface area contributed by atoms with Gasteiger partial charge in [-0.15, -0.1) is 0 Å². The first-order valence-corrected chi connectivity index (χ1v) is 4.19. The molecule has 0 unspecified atom stereocenters. The first kappa shape index (κ1) is 9.38. The molecule has 0 heterocycles. The molecule has 6 heteroatoms. The summed E-state index contributed by atoms with van der Waals surface area (Å²) in [4.78, 5) is 9.91. The molecule has 0 saturated heterocycles. The van der Waals surface area contributed by atoms with E-state index in [1.54, 1.807) is 0 Å². The van der Waals surface area contributed by atoms with Gasteiger partial charge in [0.25, 0.3) is 0 Å². The van der Waals surface area contributed by atoms with Gasteiger partial charge < -0.3 is 9.41 Å². The fourth-order valence-corrected chi connectivity index (χ4v) is 0.613. The van der Waals surface area contributed by atoms with E-state index in [-0.39, 0.29) is 0 Å². The van der Waals surface area contributed by atoms with Crippen LogP contribution in [0.15, 0.2) is 0 Å². The number of hydrogen-bond acceptors (Lipinski definition) is 3. The number of hydrogen-bond donors (Lipinski definition) is 1. The summed E-state index contributed by atoms with van der Waals surface area (Å²) >= 11 is 0. The molecular weight excluding hydrogens is 158 g/mol. The lowest BCUT2D eigenvalue weighted by Crippen LogP contribution is -2.29. The maximum Gasteiger partial charge on any atom is 0.316 e. The summed E-state index contributed by atoms with van der Waals surface area (Å²) in [6.45, 7) is -0.598. The summed E-state index contributed by atoms with van der Waals surface area (Å²) in [7, 11) is -0.443. The molecule has 1 N–H and O–H groups in total. The Morgan fingerprint density at radius 2 is 2.10 bits per heavy atom. The van der Waals surface area contributed by atoms with Crippen LogP contribution in [0.4, 0.5) is 0 Å². The van der Waals surface area contributed by atoms with E-state index >= 15 is 0 Å². The van der Waals surface area contributed by atoms with E-state index in [4.69, 9.17) is 5.11 Å². The van der Waals surface area contributed by atoms with E-state index in [0.717, 1.165) is 6.26 Å². The molecule has 0 radical (unpaired) electrons. The van der Waals surface area contributed by atoms with Crippen molar-refractivity contribution in [2.45, 2.75) is 0 Å². The molecule has 0 rings (SSSR count). The number of nitrogens with zero attached hydrogens (tertiary/aromatic N) is 1. The SMILES string of the molecule is [CH2-]N(CC(=O)O)S(C)(=O)=O. The standard InChI is InChI=1S/C4H8NO4S/c1-5(3-4(6)7)10(2,8)9/h1,3H2,2H3,(H,6,7)/q-1. The van der Waals surface area contributed by atoms with Crippen LogP contribution in [0.3, 0.4) is 0 Å². The van der Waals surface area contributed by atoms with Gasteiger partial charge in [-0.2, -0.15) is 0 Å². The fraction of sp³-hybridized carbons (Fsp3) is 0.500. The molecule has 0 fully saturated rings. The second kappa shape index (κ2) is 2.98. The van der Waals surface area contributed by atoms with Crippen LogP contribution in [-0.4, -0.2) is 36.6 Å². The van der Waals surface area contributed by atoms with E-state index in [1.165, 1.54) is 0 Å². The van der Waals surface area contributed by atoms with Crippen LogP contribution in [0, 0.1) is 7.05 Å². The summed E-state index contributed by atoms with van der Waals surface area (Å²) in [6, 6.07) is 0. The predicted molar refractivity (Wildman–Crippen MR) is 34.5 cm³/mol. The normalized spacial score (nSPS) is 11.9. The van der Waals surface area contributed by atoms with Crippen molar-refractivity contribution in [1.82, 2.24) is 4.31 Å². The van der Waals surface area contributed by atoms with Gasteiger partial charge >= 0.3 is 5.97 Å². The fourth-order valence-electron chi connectivity index (χ4n) is 0.268. The molecule has 0 aliphatic rings. The third-order valence-electron chi connectivity index (χ3n) is 0.781. The Hall–Kier alpha value is -0.620. The highest BCUT2D eigenvalue weighted by molar-refractivity contribution is 7.88. The minimum Gasteiger partial charge on any atom is -0.480 e. The summed E-state index contributed by atoms with van der Waals surface area (Å²) in [5.41, 5.74) is 0. The lowest BCUT2D eigenvalue weighted by Gasteiger charge is -2.18. The lowest BCUT2D eigenvalue weighted by atomic mass is 10.7. The molecule has 0 aromatic rings. The zero-order valence-electron chi connectivity index (χ0n) is 5.44. The van der Waals surface area contributed by atoms with E-state index in [9.17, 15) is 13.2 Å². The summed E-state index contributed by atoms with van der Waals surface area (Å²) in [5.74, 6) is -1.22. The molecule has 0 amide bonds. The van der Waals surface area contributed by atoms with Gasteiger partial charge in [0.1, 0.15) is 0 Å². The highest BCUT2D eigenvalue weighted by Gasteiger charge is 2.07. The quantitative estimate of drug-likeness (QED) is 0.553. The van der Waals surface area contributed by atoms with Crippen molar-refractivity contribution in [2.75, 3.05) is 12.8 Å². The van der Waals surface area contributed by atoms with Crippen molar-refractivity contribution >= 4 is 16.0 Å². The van der Waals surface area contributed by atoms with Crippen molar-refractivity contribution < 1.29 is 18.3 Å². The number of carboxylic acids is 1. The second-order valence-corrected chi connectivity index (χ2v) is 3.75. The Morgan fingerprint density at radius 3 is 2.20 bits per heavy atom. The predicted octanol–water partition coefficient (Wildman–Crippen LogP) is -0.876. The van der Waals surface area contributed by atoms with Gasteiger partial charge in [0.15, 0.2) is 10.0 Å². The monoisotopic (exact) mass is 166 g/mol. The first-order chi connectivity index (χ1) is 4.34. The van der Waals surface area contributed by atoms with Gasteiger partial charge in [-0.1, -0.05) is 0 Å². The second-order valence-electron chi connectivity index (χ2n) is 1.77. The molecule has 5 nitrogen and oxygen atoms in total. The minimum absolute atomic E-state index is 0.509. The molecule has 60 valence electrons. The van der Waals surface area contributed by atoms with Crippen LogP contribution in [0.1, 0.15) is 0 Å². The molecule has 0 aliphatic carbocycles. The molecule has 0 saturated carbocycles. The molecule has 0 bridgehead atoms. The van der Waals surface area contributed by atoms with Gasteiger partial charge in [0, 0.05) is 0 Å². The maximum atomic E-state index is 10.5. The summed E-state index contributed by atoms with van der Waals surface area (Å²) in [5, 5.41) is 8.10. The Kier molecular flexibility index (Phi) is 2.79. The van der Waals surface area contributed by atoms with E-state index in [1.807, 2.05) is 0 Å². The maximum absolute atomic E-state index is 10.5. The number of carboxylic acid groups (broad SMARTS) is 1. The Balaban J connectivity index is 4.12. The highest BCUT2D eigenvalue weighted by Crippen LogP contribution is 1.92. The van der Waals surface area contributed by atoms with Crippen molar-refractivity contribution in [1.29, 1.82) is 0 Å². The van der Waals surface area contributed by atoms with Crippen LogP contribution >= 0.6 is 0 Å². The van der Waals surface area contributed by atoms with E-state index in [2.05, 4.69) is 7.05 Å². The van der Waals surface area contributed by atoms with Gasteiger partial charge in [0.05, 0.1) is 12.8 Å². The molecule has 0 spiro atoms. The number of rotatable bonds is 3. The highest BCUT2D eigenvalue weighted by atomic mass is 32.2. The van der Waals surface area contributed by atoms with Crippen molar-refractivity contribution in [3.63, 3.8) is 0 Å².